The molecule has 0 aliphatic carbocycles. The maximum Gasteiger partial charge on any atom is 0.313 e. The molecule has 80 valence electrons. The van der Waals surface area contributed by atoms with Crippen molar-refractivity contribution in [2.75, 3.05) is 20.3 Å². The molecule has 0 N–H and O–H groups in total. The van der Waals surface area contributed by atoms with E-state index < -0.39 is 5.97 Å². The topological polar surface area (TPSA) is 52.6 Å². The molecule has 0 spiro atoms. The van der Waals surface area contributed by atoms with Gasteiger partial charge in [0, 0.05) is 0 Å². The van der Waals surface area contributed by atoms with Gasteiger partial charge in [0.2, 0.25) is 0 Å². The molecule has 0 saturated heterocycles. The van der Waals surface area contributed by atoms with E-state index in [-0.39, 0.29) is 18.8 Å². The van der Waals surface area contributed by atoms with E-state index in [1.807, 2.05) is 19.9 Å². The molecule has 0 aromatic rings. The Hall–Kier alpha value is -1.16. The summed E-state index contributed by atoms with van der Waals surface area (Å²) in [5, 5.41) is 0. The Morgan fingerprint density at radius 2 is 1.93 bits per heavy atom. The van der Waals surface area contributed by atoms with Crippen LogP contribution in [0.15, 0.2) is 11.6 Å². The smallest absolute Gasteiger partial charge is 0.313 e. The lowest BCUT2D eigenvalue weighted by Gasteiger charge is -2.00. The van der Waals surface area contributed by atoms with Gasteiger partial charge >= 0.3 is 5.97 Å². The van der Waals surface area contributed by atoms with Crippen molar-refractivity contribution in [3.63, 3.8) is 0 Å². The van der Waals surface area contributed by atoms with Crippen molar-refractivity contribution in [3.8, 4) is 0 Å². The molecule has 0 saturated carbocycles. The van der Waals surface area contributed by atoms with Gasteiger partial charge in [0.25, 0.3) is 0 Å². The Bertz CT molecular complexity index is 226. The van der Waals surface area contributed by atoms with E-state index in [2.05, 4.69) is 4.74 Å². The number of carbonyl (C=O) groups excluding carboxylic acids is 2. The van der Waals surface area contributed by atoms with Gasteiger partial charge in [0.1, 0.15) is 13.0 Å². The SMILES string of the molecule is COC(=O)CC(=O)COCC=C(C)C. The van der Waals surface area contributed by atoms with Crippen LogP contribution in [0.4, 0.5) is 0 Å². The van der Waals surface area contributed by atoms with Gasteiger partial charge in [-0.2, -0.15) is 0 Å². The van der Waals surface area contributed by atoms with Crippen LogP contribution < -0.4 is 0 Å². The summed E-state index contributed by atoms with van der Waals surface area (Å²) in [7, 11) is 1.25. The molecule has 4 nitrogen and oxygen atoms in total. The number of ketones is 1. The van der Waals surface area contributed by atoms with Gasteiger partial charge < -0.3 is 9.47 Å². The maximum atomic E-state index is 11.0. The van der Waals surface area contributed by atoms with Crippen LogP contribution in [0.25, 0.3) is 0 Å². The Morgan fingerprint density at radius 3 is 2.43 bits per heavy atom. The highest BCUT2D eigenvalue weighted by Crippen LogP contribution is 1.91. The minimum atomic E-state index is -0.527. The highest BCUT2D eigenvalue weighted by atomic mass is 16.5. The molecule has 0 aliphatic rings. The quantitative estimate of drug-likeness (QED) is 0.279. The van der Waals surface area contributed by atoms with Crippen LogP contribution in [0.3, 0.4) is 0 Å². The number of carbonyl (C=O) groups is 2. The van der Waals surface area contributed by atoms with Gasteiger partial charge in [0.15, 0.2) is 5.78 Å². The van der Waals surface area contributed by atoms with Gasteiger partial charge in [0.05, 0.1) is 13.7 Å². The lowest BCUT2D eigenvalue weighted by Crippen LogP contribution is -2.14. The molecule has 0 aromatic heterocycles. The number of methoxy groups -OCH3 is 1. The first kappa shape index (κ1) is 12.8. The van der Waals surface area contributed by atoms with Crippen LogP contribution in [0.5, 0.6) is 0 Å². The van der Waals surface area contributed by atoms with Crippen molar-refractivity contribution < 1.29 is 19.1 Å². The molecule has 0 bridgehead atoms. The molecule has 0 radical (unpaired) electrons. The molecular weight excluding hydrogens is 184 g/mol. The first-order chi connectivity index (χ1) is 6.56. The third-order valence-corrected chi connectivity index (χ3v) is 1.44. The molecule has 0 amide bonds. The first-order valence-electron chi connectivity index (χ1n) is 4.36. The Morgan fingerprint density at radius 1 is 1.29 bits per heavy atom. The van der Waals surface area contributed by atoms with Crippen molar-refractivity contribution in [1.29, 1.82) is 0 Å². The fraction of sp³-hybridized carbons (Fsp3) is 0.600. The highest BCUT2D eigenvalue weighted by molar-refractivity contribution is 5.96. The average Bonchev–Trinajstić information content (AvgIpc) is 2.12. The van der Waals surface area contributed by atoms with Crippen LogP contribution in [-0.4, -0.2) is 32.1 Å². The van der Waals surface area contributed by atoms with E-state index in [9.17, 15) is 9.59 Å². The van der Waals surface area contributed by atoms with E-state index in [0.717, 1.165) is 5.57 Å². The summed E-state index contributed by atoms with van der Waals surface area (Å²) in [5.74, 6) is -0.792. The van der Waals surface area contributed by atoms with Gasteiger partial charge in [-0.15, -0.1) is 0 Å². The van der Waals surface area contributed by atoms with Crippen LogP contribution in [0.1, 0.15) is 20.3 Å². The second kappa shape index (κ2) is 7.26. The fourth-order valence-electron chi connectivity index (χ4n) is 0.683. The zero-order valence-corrected chi connectivity index (χ0v) is 8.83. The number of hydrogen-bond acceptors (Lipinski definition) is 4. The van der Waals surface area contributed by atoms with Crippen molar-refractivity contribution in [2.45, 2.75) is 20.3 Å². The average molecular weight is 200 g/mol. The van der Waals surface area contributed by atoms with Crippen molar-refractivity contribution in [2.24, 2.45) is 0 Å². The summed E-state index contributed by atoms with van der Waals surface area (Å²) in [6.07, 6.45) is 1.65. The van der Waals surface area contributed by atoms with Crippen LogP contribution in [-0.2, 0) is 19.1 Å². The number of ether oxygens (including phenoxy) is 2. The number of esters is 1. The third-order valence-electron chi connectivity index (χ3n) is 1.44. The minimum absolute atomic E-state index is 0.0428. The number of allylic oxidation sites excluding steroid dienone is 1. The fourth-order valence-corrected chi connectivity index (χ4v) is 0.683. The van der Waals surface area contributed by atoms with E-state index in [0.29, 0.717) is 6.61 Å². The third kappa shape index (κ3) is 7.49. The monoisotopic (exact) mass is 200 g/mol. The maximum absolute atomic E-state index is 11.0. The van der Waals surface area contributed by atoms with Gasteiger partial charge in [-0.05, 0) is 13.8 Å². The molecule has 0 unspecified atom stereocenters. The van der Waals surface area contributed by atoms with E-state index in [1.165, 1.54) is 7.11 Å². The van der Waals surface area contributed by atoms with Gasteiger partial charge in [-0.3, -0.25) is 9.59 Å². The minimum Gasteiger partial charge on any atom is -0.469 e. The van der Waals surface area contributed by atoms with Crippen molar-refractivity contribution >= 4 is 11.8 Å². The lowest BCUT2D eigenvalue weighted by atomic mass is 10.3. The molecular formula is C10H16O4. The zero-order valence-electron chi connectivity index (χ0n) is 8.83. The molecule has 0 aromatic carbocycles. The van der Waals surface area contributed by atoms with Gasteiger partial charge in [-0.25, -0.2) is 0 Å². The zero-order chi connectivity index (χ0) is 11.0. The number of Topliss-reactive ketones (excluding diaryl/α,β-unsaturated/α-hetero) is 1. The molecule has 0 atom stereocenters. The predicted octanol–water partition coefficient (Wildman–Crippen LogP) is 1.10. The first-order valence-corrected chi connectivity index (χ1v) is 4.36. The Labute approximate surface area is 83.9 Å². The van der Waals surface area contributed by atoms with Crippen LogP contribution in [0, 0.1) is 0 Å². The molecule has 14 heavy (non-hydrogen) atoms. The van der Waals surface area contributed by atoms with Crippen LogP contribution in [0.2, 0.25) is 0 Å². The second-order valence-electron chi connectivity index (χ2n) is 3.09. The number of hydrogen-bond donors (Lipinski definition) is 0. The summed E-state index contributed by atoms with van der Waals surface area (Å²) >= 11 is 0. The standard InChI is InChI=1S/C10H16O4/c1-8(2)4-5-14-7-9(11)6-10(12)13-3/h4H,5-7H2,1-3H3. The molecule has 0 heterocycles. The largest absolute Gasteiger partial charge is 0.469 e. The summed E-state index contributed by atoms with van der Waals surface area (Å²) in [4.78, 5) is 21.7. The molecule has 0 rings (SSSR count). The van der Waals surface area contributed by atoms with Crippen LogP contribution >= 0.6 is 0 Å². The van der Waals surface area contributed by atoms with Crippen molar-refractivity contribution in [3.05, 3.63) is 11.6 Å². The molecule has 0 fully saturated rings. The van der Waals surface area contributed by atoms with Crippen molar-refractivity contribution in [1.82, 2.24) is 0 Å². The normalized spacial score (nSPS) is 9.36. The second-order valence-corrected chi connectivity index (χ2v) is 3.09. The number of rotatable bonds is 6. The Kier molecular flexibility index (Phi) is 6.66. The predicted molar refractivity (Wildman–Crippen MR) is 51.9 cm³/mol. The molecule has 4 heteroatoms. The summed E-state index contributed by atoms with van der Waals surface area (Å²) in [5.41, 5.74) is 1.13. The molecule has 0 aliphatic heterocycles. The van der Waals surface area contributed by atoms with E-state index >= 15 is 0 Å². The van der Waals surface area contributed by atoms with Gasteiger partial charge in [-0.1, -0.05) is 11.6 Å². The summed E-state index contributed by atoms with van der Waals surface area (Å²) in [6.45, 7) is 4.24. The van der Waals surface area contributed by atoms with E-state index in [4.69, 9.17) is 4.74 Å². The van der Waals surface area contributed by atoms with E-state index in [1.54, 1.807) is 0 Å². The highest BCUT2D eigenvalue weighted by Gasteiger charge is 2.08. The Balaban J connectivity index is 3.55. The summed E-state index contributed by atoms with van der Waals surface area (Å²) in [6, 6.07) is 0. The lowest BCUT2D eigenvalue weighted by molar-refractivity contribution is -0.144. The summed E-state index contributed by atoms with van der Waals surface area (Å²) < 4.78 is 9.36.